The fraction of sp³-hybridized carbons (Fsp3) is 0.385. The number of carbonyl (C=O) groups excluding carboxylic acids is 1. The van der Waals surface area contributed by atoms with Crippen LogP contribution in [0.15, 0.2) is 24.3 Å². The number of alkyl halides is 2. The summed E-state index contributed by atoms with van der Waals surface area (Å²) in [5, 5.41) is 11.1. The number of nitrogens with one attached hydrogen (secondary N) is 1. The van der Waals surface area contributed by atoms with Crippen molar-refractivity contribution in [3.05, 3.63) is 29.8 Å². The Labute approximate surface area is 119 Å². The van der Waals surface area contributed by atoms with Gasteiger partial charge in [-0.1, -0.05) is 6.07 Å². The lowest BCUT2D eigenvalue weighted by Gasteiger charge is -2.14. The maximum Gasteiger partial charge on any atom is 0.387 e. The Balaban J connectivity index is 2.60. The van der Waals surface area contributed by atoms with E-state index in [1.165, 1.54) is 31.4 Å². The number of rotatable bonds is 8. The number of ether oxygens (including phenoxy) is 2. The Kier molecular flexibility index (Phi) is 6.54. The monoisotopic (exact) mass is 303 g/mol. The third-order valence-corrected chi connectivity index (χ3v) is 2.55. The first-order valence-electron chi connectivity index (χ1n) is 6.00. The van der Waals surface area contributed by atoms with Gasteiger partial charge in [0.25, 0.3) is 5.91 Å². The van der Waals surface area contributed by atoms with Crippen molar-refractivity contribution in [2.24, 2.45) is 0 Å². The molecule has 0 radical (unpaired) electrons. The van der Waals surface area contributed by atoms with Crippen molar-refractivity contribution in [1.82, 2.24) is 5.32 Å². The summed E-state index contributed by atoms with van der Waals surface area (Å²) in [5.74, 6) is -1.72. The normalized spacial score (nSPS) is 12.0. The fourth-order valence-corrected chi connectivity index (χ4v) is 1.56. The fourth-order valence-electron chi connectivity index (χ4n) is 1.56. The second-order valence-electron chi connectivity index (χ2n) is 4.07. The topological polar surface area (TPSA) is 84.9 Å². The number of methoxy groups -OCH3 is 1. The highest BCUT2D eigenvalue weighted by Gasteiger charge is 2.15. The van der Waals surface area contributed by atoms with Crippen LogP contribution in [-0.2, 0) is 9.53 Å². The van der Waals surface area contributed by atoms with Gasteiger partial charge in [-0.05, 0) is 18.2 Å². The quantitative estimate of drug-likeness (QED) is 0.760. The zero-order valence-electron chi connectivity index (χ0n) is 11.2. The van der Waals surface area contributed by atoms with Crippen LogP contribution in [0.4, 0.5) is 8.78 Å². The van der Waals surface area contributed by atoms with E-state index < -0.39 is 24.6 Å². The Bertz CT molecular complexity index is 495. The standard InChI is InChI=1S/C13H15F2NO5/c1-20-10(6-11(17)18)7-16-12(19)8-3-2-4-9(5-8)21-13(14)15/h2-5,10,13H,6-7H2,1H3,(H,16,19)(H,17,18). The Morgan fingerprint density at radius 3 is 2.67 bits per heavy atom. The van der Waals surface area contributed by atoms with Crippen molar-refractivity contribution >= 4 is 11.9 Å². The summed E-state index contributed by atoms with van der Waals surface area (Å²) in [7, 11) is 1.33. The molecule has 1 rings (SSSR count). The smallest absolute Gasteiger partial charge is 0.387 e. The van der Waals surface area contributed by atoms with E-state index in [9.17, 15) is 18.4 Å². The number of carboxylic acids is 1. The molecule has 0 aliphatic carbocycles. The minimum absolute atomic E-state index is 0.0123. The molecule has 1 aromatic rings. The SMILES string of the molecule is COC(CNC(=O)c1cccc(OC(F)F)c1)CC(=O)O. The van der Waals surface area contributed by atoms with Crippen molar-refractivity contribution in [2.45, 2.75) is 19.1 Å². The first kappa shape index (κ1) is 16.8. The largest absolute Gasteiger partial charge is 0.481 e. The van der Waals surface area contributed by atoms with Crippen LogP contribution in [0.2, 0.25) is 0 Å². The molecule has 1 atom stereocenters. The van der Waals surface area contributed by atoms with E-state index in [2.05, 4.69) is 10.1 Å². The van der Waals surface area contributed by atoms with Gasteiger partial charge in [-0.2, -0.15) is 8.78 Å². The van der Waals surface area contributed by atoms with Gasteiger partial charge in [-0.25, -0.2) is 0 Å². The van der Waals surface area contributed by atoms with Crippen LogP contribution in [0.3, 0.4) is 0 Å². The number of halogens is 2. The van der Waals surface area contributed by atoms with Crippen molar-refractivity contribution in [3.63, 3.8) is 0 Å². The lowest BCUT2D eigenvalue weighted by Crippen LogP contribution is -2.34. The molecule has 0 saturated carbocycles. The van der Waals surface area contributed by atoms with Crippen LogP contribution in [0.1, 0.15) is 16.8 Å². The number of amides is 1. The third-order valence-electron chi connectivity index (χ3n) is 2.55. The summed E-state index contributed by atoms with van der Waals surface area (Å²) in [6.07, 6.45) is -0.933. The minimum Gasteiger partial charge on any atom is -0.481 e. The molecule has 0 fully saturated rings. The molecular weight excluding hydrogens is 288 g/mol. The highest BCUT2D eigenvalue weighted by Crippen LogP contribution is 2.15. The molecule has 1 amide bonds. The molecule has 6 nitrogen and oxygen atoms in total. The average Bonchev–Trinajstić information content (AvgIpc) is 2.42. The molecule has 116 valence electrons. The van der Waals surface area contributed by atoms with E-state index in [0.29, 0.717) is 0 Å². The zero-order valence-corrected chi connectivity index (χ0v) is 11.2. The van der Waals surface area contributed by atoms with Gasteiger partial charge in [-0.3, -0.25) is 9.59 Å². The maximum absolute atomic E-state index is 12.1. The molecule has 2 N–H and O–H groups in total. The molecule has 0 aliphatic heterocycles. The van der Waals surface area contributed by atoms with E-state index in [-0.39, 0.29) is 24.3 Å². The molecule has 0 saturated heterocycles. The second-order valence-corrected chi connectivity index (χ2v) is 4.07. The van der Waals surface area contributed by atoms with Gasteiger partial charge in [0.2, 0.25) is 0 Å². The summed E-state index contributed by atoms with van der Waals surface area (Å²) in [4.78, 5) is 22.4. The van der Waals surface area contributed by atoms with Crippen LogP contribution in [0.5, 0.6) is 5.75 Å². The van der Waals surface area contributed by atoms with Gasteiger partial charge >= 0.3 is 12.6 Å². The highest BCUT2D eigenvalue weighted by molar-refractivity contribution is 5.94. The summed E-state index contributed by atoms with van der Waals surface area (Å²) in [5.41, 5.74) is 0.123. The zero-order chi connectivity index (χ0) is 15.8. The van der Waals surface area contributed by atoms with E-state index in [1.807, 2.05) is 0 Å². The molecule has 1 unspecified atom stereocenters. The van der Waals surface area contributed by atoms with E-state index >= 15 is 0 Å². The number of benzene rings is 1. The maximum atomic E-state index is 12.1. The summed E-state index contributed by atoms with van der Waals surface area (Å²) in [6, 6.07) is 5.29. The lowest BCUT2D eigenvalue weighted by molar-refractivity contribution is -0.139. The molecule has 0 spiro atoms. The molecule has 0 aliphatic rings. The number of hydrogen-bond donors (Lipinski definition) is 2. The first-order chi connectivity index (χ1) is 9.92. The Hall–Kier alpha value is -2.22. The number of carbonyl (C=O) groups is 2. The molecule has 8 heteroatoms. The van der Waals surface area contributed by atoms with Gasteiger partial charge in [-0.15, -0.1) is 0 Å². The number of carboxylic acid groups (broad SMARTS) is 1. The van der Waals surface area contributed by atoms with Crippen LogP contribution >= 0.6 is 0 Å². The molecule has 0 bridgehead atoms. The van der Waals surface area contributed by atoms with Crippen LogP contribution in [0, 0.1) is 0 Å². The third kappa shape index (κ3) is 6.17. The van der Waals surface area contributed by atoms with Crippen molar-refractivity contribution in [3.8, 4) is 5.75 Å². The first-order valence-corrected chi connectivity index (χ1v) is 6.00. The van der Waals surface area contributed by atoms with Gasteiger partial charge < -0.3 is 19.9 Å². The Morgan fingerprint density at radius 2 is 2.10 bits per heavy atom. The minimum atomic E-state index is -2.98. The summed E-state index contributed by atoms with van der Waals surface area (Å²) < 4.78 is 33.3. The predicted octanol–water partition coefficient (Wildman–Crippen LogP) is 1.51. The van der Waals surface area contributed by atoms with Crippen molar-refractivity contribution in [2.75, 3.05) is 13.7 Å². The van der Waals surface area contributed by atoms with Crippen LogP contribution in [-0.4, -0.2) is 43.4 Å². The van der Waals surface area contributed by atoms with Gasteiger partial charge in [0, 0.05) is 19.2 Å². The summed E-state index contributed by atoms with van der Waals surface area (Å²) >= 11 is 0. The van der Waals surface area contributed by atoms with Gasteiger partial charge in [0.15, 0.2) is 0 Å². The predicted molar refractivity (Wildman–Crippen MR) is 68.5 cm³/mol. The second kappa shape index (κ2) is 8.15. The van der Waals surface area contributed by atoms with Gasteiger partial charge in [0.05, 0.1) is 12.5 Å². The molecule has 1 aromatic carbocycles. The van der Waals surface area contributed by atoms with Crippen molar-refractivity contribution < 1.29 is 33.0 Å². The van der Waals surface area contributed by atoms with E-state index in [1.54, 1.807) is 0 Å². The van der Waals surface area contributed by atoms with E-state index in [0.717, 1.165) is 0 Å². The number of aliphatic carboxylic acids is 1. The van der Waals surface area contributed by atoms with E-state index in [4.69, 9.17) is 9.84 Å². The summed E-state index contributed by atoms with van der Waals surface area (Å²) in [6.45, 7) is -2.99. The molecule has 21 heavy (non-hydrogen) atoms. The highest BCUT2D eigenvalue weighted by atomic mass is 19.3. The molecule has 0 aromatic heterocycles. The van der Waals surface area contributed by atoms with Crippen LogP contribution < -0.4 is 10.1 Å². The van der Waals surface area contributed by atoms with Crippen LogP contribution in [0.25, 0.3) is 0 Å². The Morgan fingerprint density at radius 1 is 1.38 bits per heavy atom. The molecular formula is C13H15F2NO5. The average molecular weight is 303 g/mol. The van der Waals surface area contributed by atoms with Gasteiger partial charge in [0.1, 0.15) is 5.75 Å². The molecule has 0 heterocycles. The van der Waals surface area contributed by atoms with Crippen molar-refractivity contribution in [1.29, 1.82) is 0 Å². The number of hydrogen-bond acceptors (Lipinski definition) is 4. The lowest BCUT2D eigenvalue weighted by atomic mass is 10.2.